The molecule has 1 aromatic carbocycles. The molecule has 0 radical (unpaired) electrons. The third-order valence-electron chi connectivity index (χ3n) is 4.25. The molecule has 0 aromatic heterocycles. The standard InChI is InChI=1S/C18H30N4O/c1-5-19-18(21(2)3)20-14-16(22-12-8-9-13-22)15-10-6-7-11-17(15)23-4/h6-7,10-11,16H,5,8-9,12-14H2,1-4H3,(H,19,20). The molecule has 1 N–H and O–H groups in total. The first-order valence-corrected chi connectivity index (χ1v) is 8.50. The highest BCUT2D eigenvalue weighted by Crippen LogP contribution is 2.31. The highest BCUT2D eigenvalue weighted by molar-refractivity contribution is 5.79. The summed E-state index contributed by atoms with van der Waals surface area (Å²) in [7, 11) is 5.79. The zero-order valence-corrected chi connectivity index (χ0v) is 14.9. The summed E-state index contributed by atoms with van der Waals surface area (Å²) in [6.07, 6.45) is 2.53. The van der Waals surface area contributed by atoms with Crippen LogP contribution in [0.3, 0.4) is 0 Å². The Kier molecular flexibility index (Phi) is 6.71. The Balaban J connectivity index is 2.25. The maximum atomic E-state index is 5.59. The van der Waals surface area contributed by atoms with Crippen molar-refractivity contribution in [1.82, 2.24) is 15.1 Å². The second kappa shape index (κ2) is 8.77. The summed E-state index contributed by atoms with van der Waals surface area (Å²) in [4.78, 5) is 9.41. The topological polar surface area (TPSA) is 40.1 Å². The lowest BCUT2D eigenvalue weighted by Gasteiger charge is -2.28. The molecule has 2 rings (SSSR count). The van der Waals surface area contributed by atoms with E-state index in [9.17, 15) is 0 Å². The van der Waals surface area contributed by atoms with Crippen LogP contribution in [-0.2, 0) is 0 Å². The Labute approximate surface area is 140 Å². The van der Waals surface area contributed by atoms with E-state index in [4.69, 9.17) is 9.73 Å². The molecule has 128 valence electrons. The molecule has 1 aromatic rings. The van der Waals surface area contributed by atoms with E-state index in [1.54, 1.807) is 7.11 Å². The van der Waals surface area contributed by atoms with Gasteiger partial charge in [0.05, 0.1) is 19.7 Å². The monoisotopic (exact) mass is 318 g/mol. The Hall–Kier alpha value is -1.75. The number of nitrogens with zero attached hydrogens (tertiary/aromatic N) is 3. The molecule has 1 heterocycles. The van der Waals surface area contributed by atoms with E-state index >= 15 is 0 Å². The summed E-state index contributed by atoms with van der Waals surface area (Å²) in [6.45, 7) is 5.98. The summed E-state index contributed by atoms with van der Waals surface area (Å²) in [5, 5.41) is 3.33. The maximum Gasteiger partial charge on any atom is 0.193 e. The largest absolute Gasteiger partial charge is 0.496 e. The minimum Gasteiger partial charge on any atom is -0.496 e. The average molecular weight is 318 g/mol. The van der Waals surface area contributed by atoms with Crippen LogP contribution in [0.15, 0.2) is 29.3 Å². The normalized spacial score (nSPS) is 17.1. The van der Waals surface area contributed by atoms with Gasteiger partial charge in [-0.25, -0.2) is 0 Å². The number of hydrogen-bond donors (Lipinski definition) is 1. The van der Waals surface area contributed by atoms with Crippen molar-refractivity contribution in [2.75, 3.05) is 47.4 Å². The second-order valence-electron chi connectivity index (χ2n) is 6.09. The van der Waals surface area contributed by atoms with Gasteiger partial charge in [0.25, 0.3) is 0 Å². The molecule has 1 saturated heterocycles. The lowest BCUT2D eigenvalue weighted by molar-refractivity contribution is 0.245. The molecule has 0 spiro atoms. The van der Waals surface area contributed by atoms with Gasteiger partial charge in [-0.3, -0.25) is 9.89 Å². The zero-order chi connectivity index (χ0) is 16.7. The number of ether oxygens (including phenoxy) is 1. The summed E-state index contributed by atoms with van der Waals surface area (Å²) in [6, 6.07) is 8.58. The van der Waals surface area contributed by atoms with Crippen LogP contribution in [0, 0.1) is 0 Å². The van der Waals surface area contributed by atoms with Crippen LogP contribution in [0.25, 0.3) is 0 Å². The molecule has 0 saturated carbocycles. The van der Waals surface area contributed by atoms with Crippen LogP contribution in [-0.4, -0.2) is 63.1 Å². The highest BCUT2D eigenvalue weighted by atomic mass is 16.5. The molecule has 1 aliphatic rings. The van der Waals surface area contributed by atoms with Gasteiger partial charge < -0.3 is 15.0 Å². The molecule has 0 bridgehead atoms. The van der Waals surface area contributed by atoms with E-state index < -0.39 is 0 Å². The number of likely N-dealkylation sites (tertiary alicyclic amines) is 1. The smallest absolute Gasteiger partial charge is 0.193 e. The van der Waals surface area contributed by atoms with Crippen molar-refractivity contribution in [2.45, 2.75) is 25.8 Å². The fraction of sp³-hybridized carbons (Fsp3) is 0.611. The molecule has 0 amide bonds. The SMILES string of the molecule is CCNC(=NCC(c1ccccc1OC)N1CCCC1)N(C)C. The lowest BCUT2D eigenvalue weighted by Crippen LogP contribution is -2.37. The van der Waals surface area contributed by atoms with E-state index in [1.807, 2.05) is 31.1 Å². The lowest BCUT2D eigenvalue weighted by atomic mass is 10.0. The number of methoxy groups -OCH3 is 1. The first kappa shape index (κ1) is 17.6. The van der Waals surface area contributed by atoms with Crippen LogP contribution < -0.4 is 10.1 Å². The van der Waals surface area contributed by atoms with Crippen LogP contribution in [0.1, 0.15) is 31.4 Å². The number of nitrogens with one attached hydrogen (secondary N) is 1. The molecule has 1 aliphatic heterocycles. The summed E-state index contributed by atoms with van der Waals surface area (Å²) >= 11 is 0. The van der Waals surface area contributed by atoms with Gasteiger partial charge in [0.2, 0.25) is 0 Å². The van der Waals surface area contributed by atoms with Crippen molar-refractivity contribution in [2.24, 2.45) is 4.99 Å². The van der Waals surface area contributed by atoms with Gasteiger partial charge in [-0.2, -0.15) is 0 Å². The summed E-state index contributed by atoms with van der Waals surface area (Å²) < 4.78 is 5.59. The number of hydrogen-bond acceptors (Lipinski definition) is 3. The second-order valence-corrected chi connectivity index (χ2v) is 6.09. The molecule has 23 heavy (non-hydrogen) atoms. The predicted octanol–water partition coefficient (Wildman–Crippen LogP) is 2.36. The fourth-order valence-corrected chi connectivity index (χ4v) is 3.09. The minimum absolute atomic E-state index is 0.266. The Morgan fingerprint density at radius 2 is 2.00 bits per heavy atom. The number of guanidine groups is 1. The quantitative estimate of drug-likeness (QED) is 0.646. The molecular weight excluding hydrogens is 288 g/mol. The van der Waals surface area contributed by atoms with Gasteiger partial charge >= 0.3 is 0 Å². The highest BCUT2D eigenvalue weighted by Gasteiger charge is 2.25. The van der Waals surface area contributed by atoms with Crippen LogP contribution in [0.4, 0.5) is 0 Å². The Bertz CT molecular complexity index is 509. The van der Waals surface area contributed by atoms with Gasteiger partial charge in [-0.05, 0) is 38.9 Å². The van der Waals surface area contributed by atoms with E-state index in [2.05, 4.69) is 29.3 Å². The van der Waals surface area contributed by atoms with Gasteiger partial charge in [0, 0.05) is 26.2 Å². The maximum absolute atomic E-state index is 5.59. The molecular formula is C18H30N4O. The number of aliphatic imine (C=N–C) groups is 1. The summed E-state index contributed by atoms with van der Waals surface area (Å²) in [5.41, 5.74) is 1.23. The third-order valence-corrected chi connectivity index (χ3v) is 4.25. The van der Waals surface area contributed by atoms with Crippen molar-refractivity contribution in [1.29, 1.82) is 0 Å². The first-order chi connectivity index (χ1) is 11.2. The van der Waals surface area contributed by atoms with Gasteiger partial charge in [0.1, 0.15) is 5.75 Å². The van der Waals surface area contributed by atoms with Crippen molar-refractivity contribution in [3.05, 3.63) is 29.8 Å². The van der Waals surface area contributed by atoms with Crippen LogP contribution in [0.5, 0.6) is 5.75 Å². The van der Waals surface area contributed by atoms with Crippen LogP contribution in [0.2, 0.25) is 0 Å². The number of para-hydroxylation sites is 1. The fourth-order valence-electron chi connectivity index (χ4n) is 3.09. The Morgan fingerprint density at radius 3 is 2.61 bits per heavy atom. The van der Waals surface area contributed by atoms with E-state index in [-0.39, 0.29) is 6.04 Å². The zero-order valence-electron chi connectivity index (χ0n) is 14.9. The van der Waals surface area contributed by atoms with Crippen molar-refractivity contribution < 1.29 is 4.74 Å². The van der Waals surface area contributed by atoms with E-state index in [0.717, 1.165) is 37.9 Å². The molecule has 1 atom stereocenters. The molecule has 5 nitrogen and oxygen atoms in total. The predicted molar refractivity (Wildman–Crippen MR) is 96.2 cm³/mol. The van der Waals surface area contributed by atoms with Gasteiger partial charge in [-0.1, -0.05) is 18.2 Å². The summed E-state index contributed by atoms with van der Waals surface area (Å²) in [5.74, 6) is 1.89. The molecule has 5 heteroatoms. The van der Waals surface area contributed by atoms with Crippen molar-refractivity contribution in [3.63, 3.8) is 0 Å². The number of rotatable bonds is 6. The van der Waals surface area contributed by atoms with Crippen LogP contribution >= 0.6 is 0 Å². The molecule has 1 fully saturated rings. The van der Waals surface area contributed by atoms with Crippen molar-refractivity contribution >= 4 is 5.96 Å². The van der Waals surface area contributed by atoms with Gasteiger partial charge in [0.15, 0.2) is 5.96 Å². The first-order valence-electron chi connectivity index (χ1n) is 8.50. The average Bonchev–Trinajstić information content (AvgIpc) is 3.08. The van der Waals surface area contributed by atoms with Crippen molar-refractivity contribution in [3.8, 4) is 5.75 Å². The number of benzene rings is 1. The molecule has 1 unspecified atom stereocenters. The van der Waals surface area contributed by atoms with E-state index in [0.29, 0.717) is 0 Å². The molecule has 0 aliphatic carbocycles. The minimum atomic E-state index is 0.266. The van der Waals surface area contributed by atoms with E-state index in [1.165, 1.54) is 18.4 Å². The third kappa shape index (κ3) is 4.61. The van der Waals surface area contributed by atoms with Gasteiger partial charge in [-0.15, -0.1) is 0 Å². The Morgan fingerprint density at radius 1 is 1.30 bits per heavy atom.